The van der Waals surface area contributed by atoms with Gasteiger partial charge in [0.05, 0.1) is 11.7 Å². The summed E-state index contributed by atoms with van der Waals surface area (Å²) >= 11 is 0. The summed E-state index contributed by atoms with van der Waals surface area (Å²) in [6.45, 7) is 9.56. The van der Waals surface area contributed by atoms with Crippen LogP contribution in [0.1, 0.15) is 46.5 Å². The molecule has 0 amide bonds. The summed E-state index contributed by atoms with van der Waals surface area (Å²) in [6.07, 6.45) is 4.39. The standard InChI is InChI=1S/C14H29NO2/c1-5-12-7-6-9-15(11-12)10-8-13(16)14(2,3)17-4/h12-13,16H,5-11H2,1-4H3. The summed E-state index contributed by atoms with van der Waals surface area (Å²) in [7, 11) is 1.66. The Morgan fingerprint density at radius 3 is 2.76 bits per heavy atom. The zero-order chi connectivity index (χ0) is 12.9. The molecule has 1 aliphatic heterocycles. The first-order valence-corrected chi connectivity index (χ1v) is 6.95. The van der Waals surface area contributed by atoms with Crippen molar-refractivity contribution in [2.45, 2.75) is 58.2 Å². The van der Waals surface area contributed by atoms with Crippen LogP contribution >= 0.6 is 0 Å². The van der Waals surface area contributed by atoms with E-state index in [1.807, 2.05) is 13.8 Å². The lowest BCUT2D eigenvalue weighted by Crippen LogP contribution is -2.42. The van der Waals surface area contributed by atoms with E-state index >= 15 is 0 Å². The molecule has 3 heteroatoms. The van der Waals surface area contributed by atoms with Crippen LogP contribution in [0, 0.1) is 5.92 Å². The molecule has 0 aromatic carbocycles. The molecule has 0 aromatic rings. The van der Waals surface area contributed by atoms with E-state index in [1.165, 1.54) is 32.4 Å². The summed E-state index contributed by atoms with van der Waals surface area (Å²) in [6, 6.07) is 0. The van der Waals surface area contributed by atoms with Crippen LogP contribution in [0.25, 0.3) is 0 Å². The zero-order valence-electron chi connectivity index (χ0n) is 11.9. The molecule has 2 atom stereocenters. The number of hydrogen-bond acceptors (Lipinski definition) is 3. The zero-order valence-corrected chi connectivity index (χ0v) is 11.9. The van der Waals surface area contributed by atoms with Gasteiger partial charge in [-0.15, -0.1) is 0 Å². The molecule has 102 valence electrons. The molecule has 0 aromatic heterocycles. The SMILES string of the molecule is CCC1CCCN(CCC(O)C(C)(C)OC)C1. The molecule has 2 unspecified atom stereocenters. The second-order valence-corrected chi connectivity index (χ2v) is 5.83. The highest BCUT2D eigenvalue weighted by Crippen LogP contribution is 2.21. The van der Waals surface area contributed by atoms with Gasteiger partial charge in [-0.05, 0) is 45.6 Å². The van der Waals surface area contributed by atoms with Crippen LogP contribution < -0.4 is 0 Å². The van der Waals surface area contributed by atoms with E-state index in [1.54, 1.807) is 7.11 Å². The number of rotatable bonds is 6. The van der Waals surface area contributed by atoms with Crippen molar-refractivity contribution in [1.29, 1.82) is 0 Å². The molecular formula is C14H29NO2. The van der Waals surface area contributed by atoms with Crippen LogP contribution in [-0.4, -0.2) is 48.5 Å². The Labute approximate surface area is 106 Å². The molecule has 1 rings (SSSR count). The Morgan fingerprint density at radius 1 is 1.47 bits per heavy atom. The van der Waals surface area contributed by atoms with Gasteiger partial charge < -0.3 is 14.7 Å². The molecule has 1 heterocycles. The van der Waals surface area contributed by atoms with Crippen molar-refractivity contribution in [3.8, 4) is 0 Å². The molecule has 0 radical (unpaired) electrons. The highest BCUT2D eigenvalue weighted by atomic mass is 16.5. The van der Waals surface area contributed by atoms with Gasteiger partial charge in [-0.3, -0.25) is 0 Å². The highest BCUT2D eigenvalue weighted by molar-refractivity contribution is 4.80. The largest absolute Gasteiger partial charge is 0.390 e. The third kappa shape index (κ3) is 4.57. The average Bonchev–Trinajstić information content (AvgIpc) is 2.36. The Morgan fingerprint density at radius 2 is 2.18 bits per heavy atom. The molecule has 0 spiro atoms. The topological polar surface area (TPSA) is 32.7 Å². The minimum absolute atomic E-state index is 0.380. The van der Waals surface area contributed by atoms with Gasteiger partial charge in [0.25, 0.3) is 0 Å². The first-order chi connectivity index (χ1) is 7.99. The van der Waals surface area contributed by atoms with Crippen LogP contribution in [0.4, 0.5) is 0 Å². The molecule has 0 bridgehead atoms. The van der Waals surface area contributed by atoms with Gasteiger partial charge in [-0.25, -0.2) is 0 Å². The maximum Gasteiger partial charge on any atom is 0.0880 e. The number of methoxy groups -OCH3 is 1. The summed E-state index contributed by atoms with van der Waals surface area (Å²) in [5, 5.41) is 10.1. The fourth-order valence-corrected chi connectivity index (χ4v) is 2.48. The molecule has 0 saturated carbocycles. The van der Waals surface area contributed by atoms with E-state index in [-0.39, 0.29) is 6.10 Å². The van der Waals surface area contributed by atoms with Gasteiger partial charge in [0.1, 0.15) is 0 Å². The van der Waals surface area contributed by atoms with Crippen molar-refractivity contribution in [3.05, 3.63) is 0 Å². The molecule has 1 saturated heterocycles. The first-order valence-electron chi connectivity index (χ1n) is 6.95. The van der Waals surface area contributed by atoms with Gasteiger partial charge >= 0.3 is 0 Å². The van der Waals surface area contributed by atoms with Crippen molar-refractivity contribution >= 4 is 0 Å². The third-order valence-electron chi connectivity index (χ3n) is 4.23. The van der Waals surface area contributed by atoms with Crippen molar-refractivity contribution in [2.75, 3.05) is 26.7 Å². The first kappa shape index (κ1) is 14.9. The molecule has 17 heavy (non-hydrogen) atoms. The molecule has 1 N–H and O–H groups in total. The van der Waals surface area contributed by atoms with Crippen molar-refractivity contribution < 1.29 is 9.84 Å². The average molecular weight is 243 g/mol. The summed E-state index contributed by atoms with van der Waals surface area (Å²) < 4.78 is 5.31. The minimum Gasteiger partial charge on any atom is -0.390 e. The van der Waals surface area contributed by atoms with Crippen molar-refractivity contribution in [2.24, 2.45) is 5.92 Å². The fourth-order valence-electron chi connectivity index (χ4n) is 2.48. The van der Waals surface area contributed by atoms with E-state index in [4.69, 9.17) is 4.74 Å². The van der Waals surface area contributed by atoms with E-state index < -0.39 is 5.60 Å². The molecule has 0 aliphatic carbocycles. The summed E-state index contributed by atoms with van der Waals surface area (Å²) in [4.78, 5) is 2.49. The van der Waals surface area contributed by atoms with E-state index in [0.29, 0.717) is 0 Å². The maximum absolute atomic E-state index is 10.1. The van der Waals surface area contributed by atoms with Crippen LogP contribution in [0.2, 0.25) is 0 Å². The number of aliphatic hydroxyl groups is 1. The molecule has 3 nitrogen and oxygen atoms in total. The number of hydrogen-bond donors (Lipinski definition) is 1. The molecular weight excluding hydrogens is 214 g/mol. The molecule has 1 fully saturated rings. The van der Waals surface area contributed by atoms with E-state index in [9.17, 15) is 5.11 Å². The van der Waals surface area contributed by atoms with Gasteiger partial charge in [0, 0.05) is 20.2 Å². The number of nitrogens with zero attached hydrogens (tertiary/aromatic N) is 1. The van der Waals surface area contributed by atoms with Crippen molar-refractivity contribution in [3.63, 3.8) is 0 Å². The van der Waals surface area contributed by atoms with Crippen LogP contribution in [0.3, 0.4) is 0 Å². The lowest BCUT2D eigenvalue weighted by atomic mass is 9.94. The Bertz CT molecular complexity index is 218. The lowest BCUT2D eigenvalue weighted by Gasteiger charge is -2.35. The third-order valence-corrected chi connectivity index (χ3v) is 4.23. The predicted molar refractivity (Wildman–Crippen MR) is 71.2 cm³/mol. The van der Waals surface area contributed by atoms with Crippen LogP contribution in [0.15, 0.2) is 0 Å². The number of likely N-dealkylation sites (tertiary alicyclic amines) is 1. The van der Waals surface area contributed by atoms with Gasteiger partial charge in [-0.2, -0.15) is 0 Å². The minimum atomic E-state index is -0.431. The maximum atomic E-state index is 10.1. The smallest absolute Gasteiger partial charge is 0.0880 e. The quantitative estimate of drug-likeness (QED) is 0.777. The Hall–Kier alpha value is -0.120. The van der Waals surface area contributed by atoms with E-state index in [0.717, 1.165) is 18.9 Å². The van der Waals surface area contributed by atoms with E-state index in [2.05, 4.69) is 11.8 Å². The predicted octanol–water partition coefficient (Wildman–Crippen LogP) is 2.28. The number of piperidine rings is 1. The summed E-state index contributed by atoms with van der Waals surface area (Å²) in [5.41, 5.74) is -0.431. The van der Waals surface area contributed by atoms with Crippen molar-refractivity contribution in [1.82, 2.24) is 4.90 Å². The summed E-state index contributed by atoms with van der Waals surface area (Å²) in [5.74, 6) is 0.858. The van der Waals surface area contributed by atoms with Gasteiger partial charge in [0.15, 0.2) is 0 Å². The number of ether oxygens (including phenoxy) is 1. The number of aliphatic hydroxyl groups excluding tert-OH is 1. The van der Waals surface area contributed by atoms with Gasteiger partial charge in [0.2, 0.25) is 0 Å². The van der Waals surface area contributed by atoms with Crippen LogP contribution in [-0.2, 0) is 4.74 Å². The van der Waals surface area contributed by atoms with Gasteiger partial charge in [-0.1, -0.05) is 13.3 Å². The Kier molecular flexibility index (Phi) is 5.90. The normalized spacial score (nSPS) is 24.9. The van der Waals surface area contributed by atoms with Crippen LogP contribution in [0.5, 0.6) is 0 Å². The lowest BCUT2D eigenvalue weighted by molar-refractivity contribution is -0.0830. The Balaban J connectivity index is 2.30. The second kappa shape index (κ2) is 6.72. The highest BCUT2D eigenvalue weighted by Gasteiger charge is 2.28. The molecule has 1 aliphatic rings. The monoisotopic (exact) mass is 243 g/mol. The second-order valence-electron chi connectivity index (χ2n) is 5.83. The fraction of sp³-hybridized carbons (Fsp3) is 1.00.